The minimum absolute atomic E-state index is 0.0409. The van der Waals surface area contributed by atoms with Gasteiger partial charge in [0.05, 0.1) is 4.92 Å². The van der Waals surface area contributed by atoms with Crippen molar-refractivity contribution < 1.29 is 14.8 Å². The second kappa shape index (κ2) is 5.36. The Hall–Kier alpha value is -2.69. The zero-order valence-electron chi connectivity index (χ0n) is 11.4. The van der Waals surface area contributed by atoms with Crippen molar-refractivity contribution in [1.82, 2.24) is 4.98 Å². The number of anilines is 1. The molecule has 2 heterocycles. The summed E-state index contributed by atoms with van der Waals surface area (Å²) in [7, 11) is 0. The summed E-state index contributed by atoms with van der Waals surface area (Å²) in [4.78, 5) is 27.7. The molecule has 1 aliphatic rings. The highest BCUT2D eigenvalue weighted by atomic mass is 16.6. The Morgan fingerprint density at radius 3 is 2.95 bits per heavy atom. The molecule has 1 saturated heterocycles. The highest BCUT2D eigenvalue weighted by Crippen LogP contribution is 2.40. The Labute approximate surface area is 120 Å². The molecule has 1 N–H and O–H groups in total. The monoisotopic (exact) mass is 290 g/mol. The minimum Gasteiger partial charge on any atom is -0.479 e. The van der Waals surface area contributed by atoms with Gasteiger partial charge in [0.1, 0.15) is 17.2 Å². The molecular formula is C13H14N4O4. The number of rotatable bonds is 4. The number of carbonyl (C=O) groups is 1. The van der Waals surface area contributed by atoms with Gasteiger partial charge in [-0.1, -0.05) is 6.92 Å². The molecule has 8 heteroatoms. The molecule has 21 heavy (non-hydrogen) atoms. The maximum Gasteiger partial charge on any atom is 0.329 e. The molecule has 1 aromatic rings. The molecule has 0 spiro atoms. The van der Waals surface area contributed by atoms with E-state index in [-0.39, 0.29) is 11.4 Å². The molecule has 110 valence electrons. The summed E-state index contributed by atoms with van der Waals surface area (Å²) in [6.07, 6.45) is 2.60. The minimum atomic E-state index is -1.20. The Balaban J connectivity index is 2.64. The van der Waals surface area contributed by atoms with Gasteiger partial charge in [0.15, 0.2) is 0 Å². The van der Waals surface area contributed by atoms with E-state index in [0.29, 0.717) is 25.8 Å². The van der Waals surface area contributed by atoms with Crippen LogP contribution < -0.4 is 4.90 Å². The molecule has 0 radical (unpaired) electrons. The van der Waals surface area contributed by atoms with Gasteiger partial charge in [-0.2, -0.15) is 5.26 Å². The Morgan fingerprint density at radius 1 is 1.71 bits per heavy atom. The molecule has 0 bridgehead atoms. The number of hydrogen-bond donors (Lipinski definition) is 1. The maximum absolute atomic E-state index is 11.7. The highest BCUT2D eigenvalue weighted by molar-refractivity contribution is 5.85. The van der Waals surface area contributed by atoms with E-state index in [9.17, 15) is 20.0 Å². The third-order valence-electron chi connectivity index (χ3n) is 3.94. The largest absolute Gasteiger partial charge is 0.479 e. The summed E-state index contributed by atoms with van der Waals surface area (Å²) in [5.74, 6) is -1.07. The molecule has 0 amide bonds. The van der Waals surface area contributed by atoms with E-state index in [1.54, 1.807) is 13.0 Å². The first-order valence-electron chi connectivity index (χ1n) is 6.52. The van der Waals surface area contributed by atoms with E-state index >= 15 is 0 Å². The number of aromatic nitrogens is 1. The first-order chi connectivity index (χ1) is 9.97. The van der Waals surface area contributed by atoms with Crippen molar-refractivity contribution in [3.8, 4) is 6.07 Å². The third kappa shape index (κ3) is 2.16. The first-order valence-corrected chi connectivity index (χ1v) is 6.52. The summed E-state index contributed by atoms with van der Waals surface area (Å²) in [5.41, 5.74) is -1.75. The van der Waals surface area contributed by atoms with Crippen LogP contribution in [0.2, 0.25) is 0 Å². The number of nitriles is 1. The highest BCUT2D eigenvalue weighted by Gasteiger charge is 2.49. The molecule has 0 saturated carbocycles. The lowest BCUT2D eigenvalue weighted by Gasteiger charge is -2.34. The van der Waals surface area contributed by atoms with Crippen molar-refractivity contribution in [1.29, 1.82) is 5.26 Å². The van der Waals surface area contributed by atoms with Crippen molar-refractivity contribution in [2.75, 3.05) is 11.4 Å². The number of nitro groups is 1. The van der Waals surface area contributed by atoms with E-state index in [0.717, 1.165) is 0 Å². The van der Waals surface area contributed by atoms with Gasteiger partial charge < -0.3 is 10.0 Å². The smallest absolute Gasteiger partial charge is 0.329 e. The van der Waals surface area contributed by atoms with Gasteiger partial charge in [-0.15, -0.1) is 0 Å². The third-order valence-corrected chi connectivity index (χ3v) is 3.94. The van der Waals surface area contributed by atoms with Crippen molar-refractivity contribution in [2.24, 2.45) is 0 Å². The molecule has 0 aromatic carbocycles. The number of aliphatic carboxylic acids is 1. The number of nitrogens with zero attached hydrogens (tertiary/aromatic N) is 4. The molecule has 8 nitrogen and oxygen atoms in total. The summed E-state index contributed by atoms with van der Waals surface area (Å²) >= 11 is 0. The van der Waals surface area contributed by atoms with Crippen LogP contribution in [0.25, 0.3) is 0 Å². The molecule has 1 fully saturated rings. The SMILES string of the molecule is CCC1(C(=O)O)CCCN1c1nccc(C#N)c1[N+](=O)[O-]. The van der Waals surface area contributed by atoms with E-state index in [2.05, 4.69) is 4.98 Å². The number of carboxylic acids is 1. The van der Waals surface area contributed by atoms with Gasteiger partial charge in [-0.05, 0) is 25.3 Å². The van der Waals surface area contributed by atoms with Crippen LogP contribution in [0.5, 0.6) is 0 Å². The van der Waals surface area contributed by atoms with Crippen LogP contribution in [0, 0.1) is 21.4 Å². The lowest BCUT2D eigenvalue weighted by atomic mass is 9.93. The summed E-state index contributed by atoms with van der Waals surface area (Å²) in [6, 6.07) is 3.02. The van der Waals surface area contributed by atoms with Gasteiger partial charge in [-0.3, -0.25) is 10.1 Å². The lowest BCUT2D eigenvalue weighted by molar-refractivity contribution is -0.384. The van der Waals surface area contributed by atoms with Crippen molar-refractivity contribution in [2.45, 2.75) is 31.7 Å². The predicted octanol–water partition coefficient (Wildman–Crippen LogP) is 1.70. The summed E-state index contributed by atoms with van der Waals surface area (Å²) < 4.78 is 0. The fourth-order valence-corrected chi connectivity index (χ4v) is 2.84. The van der Waals surface area contributed by atoms with Gasteiger partial charge in [0.25, 0.3) is 0 Å². The van der Waals surface area contributed by atoms with Gasteiger partial charge in [0, 0.05) is 12.7 Å². The van der Waals surface area contributed by atoms with Crippen LogP contribution in [0.15, 0.2) is 12.3 Å². The Kier molecular flexibility index (Phi) is 3.76. The summed E-state index contributed by atoms with van der Waals surface area (Å²) in [6.45, 7) is 2.09. The fourth-order valence-electron chi connectivity index (χ4n) is 2.84. The fraction of sp³-hybridized carbons (Fsp3) is 0.462. The van der Waals surface area contributed by atoms with Crippen LogP contribution in [-0.4, -0.2) is 33.1 Å². The number of pyridine rings is 1. The molecule has 2 rings (SSSR count). The van der Waals surface area contributed by atoms with Crippen LogP contribution in [0.3, 0.4) is 0 Å². The van der Waals surface area contributed by atoms with Crippen LogP contribution in [0.1, 0.15) is 31.7 Å². The van der Waals surface area contributed by atoms with E-state index in [1.165, 1.54) is 17.2 Å². The Morgan fingerprint density at radius 2 is 2.43 bits per heavy atom. The van der Waals surface area contributed by atoms with E-state index in [1.807, 2.05) is 0 Å². The molecule has 0 aliphatic carbocycles. The summed E-state index contributed by atoms with van der Waals surface area (Å²) in [5, 5.41) is 29.8. The van der Waals surface area contributed by atoms with Crippen LogP contribution >= 0.6 is 0 Å². The molecule has 1 unspecified atom stereocenters. The average Bonchev–Trinajstić information content (AvgIpc) is 2.91. The maximum atomic E-state index is 11.7. The van der Waals surface area contributed by atoms with Crippen molar-refractivity contribution in [3.63, 3.8) is 0 Å². The molecule has 1 aliphatic heterocycles. The topological polar surface area (TPSA) is 120 Å². The van der Waals surface area contributed by atoms with E-state index in [4.69, 9.17) is 5.26 Å². The molecule has 1 atom stereocenters. The van der Waals surface area contributed by atoms with Crippen molar-refractivity contribution >= 4 is 17.5 Å². The normalized spacial score (nSPS) is 21.0. The Bertz CT molecular complexity index is 640. The second-order valence-electron chi connectivity index (χ2n) is 4.85. The molecule has 1 aromatic heterocycles. The first kappa shape index (κ1) is 14.7. The van der Waals surface area contributed by atoms with Gasteiger partial charge in [0.2, 0.25) is 5.82 Å². The molecular weight excluding hydrogens is 276 g/mol. The average molecular weight is 290 g/mol. The predicted molar refractivity (Wildman–Crippen MR) is 72.8 cm³/mol. The zero-order valence-corrected chi connectivity index (χ0v) is 11.4. The van der Waals surface area contributed by atoms with Crippen LogP contribution in [0.4, 0.5) is 11.5 Å². The van der Waals surface area contributed by atoms with Crippen LogP contribution in [-0.2, 0) is 4.79 Å². The standard InChI is InChI=1S/C13H14N4O4/c1-2-13(12(18)19)5-3-7-16(13)11-10(17(20)21)9(8-14)4-6-15-11/h4,6H,2-3,5,7H2,1H3,(H,18,19). The zero-order chi connectivity index (χ0) is 15.6. The van der Waals surface area contributed by atoms with E-state index < -0.39 is 22.1 Å². The lowest BCUT2D eigenvalue weighted by Crippen LogP contribution is -2.50. The quantitative estimate of drug-likeness (QED) is 0.661. The van der Waals surface area contributed by atoms with Gasteiger partial charge in [-0.25, -0.2) is 9.78 Å². The van der Waals surface area contributed by atoms with Gasteiger partial charge >= 0.3 is 11.7 Å². The van der Waals surface area contributed by atoms with Crippen molar-refractivity contribution in [3.05, 3.63) is 27.9 Å². The number of hydrogen-bond acceptors (Lipinski definition) is 6. The second-order valence-corrected chi connectivity index (χ2v) is 4.85. The number of carboxylic acid groups (broad SMARTS) is 1.